The molecule has 0 amide bonds. The molecule has 2 nitrogen and oxygen atoms in total. The van der Waals surface area contributed by atoms with Crippen molar-refractivity contribution in [1.29, 1.82) is 0 Å². The smallest absolute Gasteiger partial charge is 0.150 e. The normalized spacial score (nSPS) is 15.6. The number of fused-ring (bicyclic) bond motifs is 5. The van der Waals surface area contributed by atoms with E-state index in [1.54, 1.807) is 17.7 Å². The molecule has 1 aliphatic carbocycles. The summed E-state index contributed by atoms with van der Waals surface area (Å²) in [6.07, 6.45) is 2.64. The lowest BCUT2D eigenvalue weighted by molar-refractivity contribution is 0.411. The molecular weight excluding hydrogens is 336 g/mol. The van der Waals surface area contributed by atoms with Crippen molar-refractivity contribution in [1.82, 2.24) is 9.97 Å². The first-order valence-electron chi connectivity index (χ1n) is 8.26. The molecule has 0 N–H and O–H groups in total. The van der Waals surface area contributed by atoms with Crippen molar-refractivity contribution >= 4 is 33.2 Å². The average Bonchev–Trinajstić information content (AvgIpc) is 2.95. The van der Waals surface area contributed by atoms with Crippen molar-refractivity contribution in [3.63, 3.8) is 0 Å². The molecule has 0 saturated carbocycles. The van der Waals surface area contributed by atoms with Gasteiger partial charge in [0.05, 0.1) is 10.2 Å². The van der Waals surface area contributed by atoms with Crippen molar-refractivity contribution in [2.75, 3.05) is 0 Å². The third-order valence-corrected chi connectivity index (χ3v) is 6.41. The van der Waals surface area contributed by atoms with E-state index < -0.39 is 0 Å². The van der Waals surface area contributed by atoms with Crippen molar-refractivity contribution < 1.29 is 0 Å². The zero-order valence-corrected chi connectivity index (χ0v) is 16.3. The van der Waals surface area contributed by atoms with Crippen LogP contribution in [0.2, 0.25) is 5.15 Å². The minimum Gasteiger partial charge on any atom is -0.235 e. The van der Waals surface area contributed by atoms with Crippen LogP contribution < -0.4 is 0 Å². The number of nitrogens with zero attached hydrogens (tertiary/aromatic N) is 2. The van der Waals surface area contributed by atoms with Gasteiger partial charge in [-0.15, -0.1) is 11.3 Å². The summed E-state index contributed by atoms with van der Waals surface area (Å²) < 4.78 is 1.00. The van der Waals surface area contributed by atoms with Gasteiger partial charge in [0, 0.05) is 15.9 Å². The lowest BCUT2D eigenvalue weighted by Crippen LogP contribution is -2.15. The molecule has 0 spiro atoms. The third kappa shape index (κ3) is 2.29. The molecule has 0 unspecified atom stereocenters. The monoisotopic (exact) mass is 356 g/mol. The van der Waals surface area contributed by atoms with Crippen LogP contribution >= 0.6 is 22.9 Å². The number of benzene rings is 1. The Labute approximate surface area is 151 Å². The Morgan fingerprint density at radius 1 is 1.17 bits per heavy atom. The summed E-state index contributed by atoms with van der Waals surface area (Å²) in [4.78, 5) is 10.0. The van der Waals surface area contributed by atoms with Crippen LogP contribution in [0.15, 0.2) is 24.5 Å². The van der Waals surface area contributed by atoms with Crippen LogP contribution in [0.3, 0.4) is 0 Å². The molecule has 2 heterocycles. The van der Waals surface area contributed by atoms with Crippen LogP contribution in [0.1, 0.15) is 51.3 Å². The lowest BCUT2D eigenvalue weighted by atomic mass is 9.81. The Balaban J connectivity index is 1.97. The molecule has 0 bridgehead atoms. The number of hydrogen-bond acceptors (Lipinski definition) is 3. The number of rotatable bonds is 1. The molecule has 0 aliphatic heterocycles. The maximum Gasteiger partial charge on any atom is 0.150 e. The summed E-state index contributed by atoms with van der Waals surface area (Å²) in [5.74, 6) is 0. The van der Waals surface area contributed by atoms with Gasteiger partial charge in [0.1, 0.15) is 11.5 Å². The minimum atomic E-state index is -0.0547. The molecule has 2 aromatic heterocycles. The molecule has 0 radical (unpaired) electrons. The maximum atomic E-state index is 6.32. The van der Waals surface area contributed by atoms with Crippen LogP contribution in [-0.4, -0.2) is 9.97 Å². The van der Waals surface area contributed by atoms with Gasteiger partial charge in [-0.25, -0.2) is 9.97 Å². The van der Waals surface area contributed by atoms with Gasteiger partial charge < -0.3 is 0 Å². The molecule has 4 rings (SSSR count). The Bertz CT molecular complexity index is 964. The highest BCUT2D eigenvalue weighted by Gasteiger charge is 2.40. The molecule has 24 heavy (non-hydrogen) atoms. The number of aromatic nitrogens is 2. The SMILES string of the molecule is CC(C)(C)Cc1ccc2c(c1)-c1sc3c(Cl)ncnc3c1C2(C)C. The van der Waals surface area contributed by atoms with Gasteiger partial charge >= 0.3 is 0 Å². The van der Waals surface area contributed by atoms with E-state index in [0.717, 1.165) is 16.6 Å². The van der Waals surface area contributed by atoms with Gasteiger partial charge in [-0.2, -0.15) is 0 Å². The van der Waals surface area contributed by atoms with Crippen molar-refractivity contribution in [3.05, 3.63) is 46.4 Å². The highest BCUT2D eigenvalue weighted by molar-refractivity contribution is 7.23. The molecule has 0 saturated heterocycles. The predicted octanol–water partition coefficient (Wildman–Crippen LogP) is 6.24. The van der Waals surface area contributed by atoms with Crippen molar-refractivity contribution in [3.8, 4) is 10.4 Å². The Kier molecular flexibility index (Phi) is 3.36. The number of halogens is 1. The van der Waals surface area contributed by atoms with Crippen molar-refractivity contribution in [2.24, 2.45) is 5.41 Å². The van der Waals surface area contributed by atoms with E-state index in [-0.39, 0.29) is 10.8 Å². The fourth-order valence-corrected chi connectivity index (χ4v) is 5.41. The predicted molar refractivity (Wildman–Crippen MR) is 103 cm³/mol. The second-order valence-corrected chi connectivity index (χ2v) is 9.77. The molecule has 4 heteroatoms. The highest BCUT2D eigenvalue weighted by atomic mass is 35.5. The number of thiophene rings is 1. The first-order valence-corrected chi connectivity index (χ1v) is 9.45. The summed E-state index contributed by atoms with van der Waals surface area (Å²) in [5.41, 5.74) is 6.65. The topological polar surface area (TPSA) is 25.8 Å². The van der Waals surface area contributed by atoms with E-state index in [9.17, 15) is 0 Å². The maximum absolute atomic E-state index is 6.32. The molecule has 124 valence electrons. The van der Waals surface area contributed by atoms with E-state index in [1.165, 1.54) is 27.1 Å². The fraction of sp³-hybridized carbons (Fsp3) is 0.400. The fourth-order valence-electron chi connectivity index (χ4n) is 3.83. The van der Waals surface area contributed by atoms with Gasteiger partial charge in [0.2, 0.25) is 0 Å². The van der Waals surface area contributed by atoms with E-state index in [2.05, 4.69) is 62.8 Å². The summed E-state index contributed by atoms with van der Waals surface area (Å²) in [6.45, 7) is 11.4. The lowest BCUT2D eigenvalue weighted by Gasteiger charge is -2.22. The molecule has 0 fully saturated rings. The van der Waals surface area contributed by atoms with Crippen LogP contribution in [0.5, 0.6) is 0 Å². The highest BCUT2D eigenvalue weighted by Crippen LogP contribution is 2.55. The molecule has 1 aromatic carbocycles. The van der Waals surface area contributed by atoms with Gasteiger partial charge in [0.15, 0.2) is 0 Å². The average molecular weight is 357 g/mol. The van der Waals surface area contributed by atoms with Gasteiger partial charge in [0.25, 0.3) is 0 Å². The summed E-state index contributed by atoms with van der Waals surface area (Å²) in [5, 5.41) is 0.558. The van der Waals surface area contributed by atoms with Gasteiger partial charge in [-0.3, -0.25) is 0 Å². The molecule has 3 aromatic rings. The van der Waals surface area contributed by atoms with E-state index in [1.807, 2.05) is 0 Å². The summed E-state index contributed by atoms with van der Waals surface area (Å²) >= 11 is 8.05. The Morgan fingerprint density at radius 3 is 2.62 bits per heavy atom. The second kappa shape index (κ2) is 5.03. The van der Waals surface area contributed by atoms with E-state index in [0.29, 0.717) is 5.15 Å². The van der Waals surface area contributed by atoms with Crippen LogP contribution in [0, 0.1) is 5.41 Å². The third-order valence-electron chi connectivity index (χ3n) is 4.79. The molecule has 0 atom stereocenters. The molecule has 1 aliphatic rings. The van der Waals surface area contributed by atoms with E-state index in [4.69, 9.17) is 11.6 Å². The Hall–Kier alpha value is -1.45. The first kappa shape index (κ1) is 16.0. The summed E-state index contributed by atoms with van der Waals surface area (Å²) in [6, 6.07) is 6.95. The minimum absolute atomic E-state index is 0.0547. The zero-order valence-electron chi connectivity index (χ0n) is 14.7. The van der Waals surface area contributed by atoms with E-state index >= 15 is 0 Å². The van der Waals surface area contributed by atoms with Crippen LogP contribution in [-0.2, 0) is 11.8 Å². The van der Waals surface area contributed by atoms with Crippen LogP contribution in [0.4, 0.5) is 0 Å². The second-order valence-electron chi connectivity index (χ2n) is 8.39. The largest absolute Gasteiger partial charge is 0.235 e. The number of hydrogen-bond donors (Lipinski definition) is 0. The van der Waals surface area contributed by atoms with Crippen LogP contribution in [0.25, 0.3) is 20.7 Å². The Morgan fingerprint density at radius 2 is 1.92 bits per heavy atom. The first-order chi connectivity index (χ1) is 11.2. The zero-order chi connectivity index (χ0) is 17.3. The summed E-state index contributed by atoms with van der Waals surface area (Å²) in [7, 11) is 0. The standard InChI is InChI=1S/C20H21ClN2S/c1-19(2,3)9-11-6-7-13-12(8-11)16-14(20(13,4)5)15-17(24-16)18(21)23-10-22-15/h6-8,10H,9H2,1-5H3. The molecular formula is C20H21ClN2S. The van der Waals surface area contributed by atoms with Gasteiger partial charge in [-0.05, 0) is 34.6 Å². The van der Waals surface area contributed by atoms with Crippen molar-refractivity contribution in [2.45, 2.75) is 46.5 Å². The van der Waals surface area contributed by atoms with Gasteiger partial charge in [-0.1, -0.05) is 58.4 Å². The quantitative estimate of drug-likeness (QED) is 0.482.